The SMILES string of the molecule is COc1cc(C)c(/C(O)=C2\C(=O)C(=O)N(CCN(C)C)C2c2ccc(O)c(Cl)c2)cc1C(C)C. The van der Waals surface area contributed by atoms with Crippen molar-refractivity contribution in [3.63, 3.8) is 0 Å². The van der Waals surface area contributed by atoms with Crippen LogP contribution in [0.1, 0.15) is 48.1 Å². The predicted molar refractivity (Wildman–Crippen MR) is 133 cm³/mol. The van der Waals surface area contributed by atoms with Gasteiger partial charge in [0.25, 0.3) is 11.7 Å². The molecule has 2 aromatic carbocycles. The monoisotopic (exact) mass is 486 g/mol. The minimum Gasteiger partial charge on any atom is -0.507 e. The Morgan fingerprint density at radius 2 is 1.88 bits per heavy atom. The van der Waals surface area contributed by atoms with E-state index in [4.69, 9.17) is 16.3 Å². The molecule has 1 heterocycles. The van der Waals surface area contributed by atoms with Crippen molar-refractivity contribution in [2.24, 2.45) is 0 Å². The molecule has 1 atom stereocenters. The maximum atomic E-state index is 13.2. The second-order valence-electron chi connectivity index (χ2n) is 9.07. The molecule has 182 valence electrons. The zero-order chi connectivity index (χ0) is 25.3. The molecule has 34 heavy (non-hydrogen) atoms. The fourth-order valence-electron chi connectivity index (χ4n) is 4.18. The number of rotatable bonds is 7. The molecule has 0 aliphatic carbocycles. The number of ketones is 1. The van der Waals surface area contributed by atoms with E-state index in [0.29, 0.717) is 29.0 Å². The van der Waals surface area contributed by atoms with Crippen LogP contribution in [0.3, 0.4) is 0 Å². The lowest BCUT2D eigenvalue weighted by molar-refractivity contribution is -0.140. The average Bonchev–Trinajstić information content (AvgIpc) is 3.03. The summed E-state index contributed by atoms with van der Waals surface area (Å²) in [5.41, 5.74) is 2.57. The van der Waals surface area contributed by atoms with Crippen molar-refractivity contribution in [2.45, 2.75) is 32.7 Å². The molecule has 0 radical (unpaired) electrons. The van der Waals surface area contributed by atoms with E-state index in [0.717, 1.165) is 5.56 Å². The molecule has 1 amide bonds. The van der Waals surface area contributed by atoms with Crippen LogP contribution in [0.15, 0.2) is 35.9 Å². The number of aliphatic hydroxyl groups is 1. The number of carbonyl (C=O) groups excluding carboxylic acids is 2. The first kappa shape index (κ1) is 25.6. The van der Waals surface area contributed by atoms with Crippen molar-refractivity contribution < 1.29 is 24.5 Å². The molecule has 2 N–H and O–H groups in total. The van der Waals surface area contributed by atoms with Crippen LogP contribution in [0.5, 0.6) is 11.5 Å². The summed E-state index contributed by atoms with van der Waals surface area (Å²) < 4.78 is 5.50. The quantitative estimate of drug-likeness (QED) is 0.341. The van der Waals surface area contributed by atoms with Crippen LogP contribution in [-0.2, 0) is 9.59 Å². The molecule has 7 nitrogen and oxygen atoms in total. The first-order valence-electron chi connectivity index (χ1n) is 11.1. The number of aliphatic hydroxyl groups excluding tert-OH is 1. The molecule has 1 unspecified atom stereocenters. The van der Waals surface area contributed by atoms with Gasteiger partial charge < -0.3 is 24.7 Å². The number of likely N-dealkylation sites (tertiary alicyclic amines) is 1. The molecule has 3 rings (SSSR count). The van der Waals surface area contributed by atoms with Crippen LogP contribution < -0.4 is 4.74 Å². The Morgan fingerprint density at radius 3 is 2.44 bits per heavy atom. The van der Waals surface area contributed by atoms with Crippen molar-refractivity contribution in [3.8, 4) is 11.5 Å². The third-order valence-electron chi connectivity index (χ3n) is 6.07. The molecule has 0 bridgehead atoms. The first-order valence-corrected chi connectivity index (χ1v) is 11.5. The van der Waals surface area contributed by atoms with Gasteiger partial charge in [0.2, 0.25) is 0 Å². The number of hydrogen-bond donors (Lipinski definition) is 2. The highest BCUT2D eigenvalue weighted by Crippen LogP contribution is 2.42. The zero-order valence-corrected chi connectivity index (χ0v) is 21.1. The van der Waals surface area contributed by atoms with Gasteiger partial charge in [-0.2, -0.15) is 0 Å². The van der Waals surface area contributed by atoms with E-state index in [2.05, 4.69) is 0 Å². The van der Waals surface area contributed by atoms with E-state index in [1.807, 2.05) is 51.9 Å². The number of aromatic hydroxyl groups is 1. The van der Waals surface area contributed by atoms with Crippen LogP contribution in [0.2, 0.25) is 5.02 Å². The maximum absolute atomic E-state index is 13.2. The topological polar surface area (TPSA) is 90.3 Å². The third kappa shape index (κ3) is 4.76. The number of phenolic OH excluding ortho intramolecular Hbond substituents is 1. The number of amides is 1. The van der Waals surface area contributed by atoms with Crippen LogP contribution in [0.25, 0.3) is 5.76 Å². The Hall–Kier alpha value is -3.03. The van der Waals surface area contributed by atoms with Crippen LogP contribution in [0, 0.1) is 6.92 Å². The molecule has 0 spiro atoms. The predicted octanol–water partition coefficient (Wildman–Crippen LogP) is 4.47. The number of likely N-dealkylation sites (N-methyl/N-ethyl adjacent to an activating group) is 1. The first-order chi connectivity index (χ1) is 16.0. The number of halogens is 1. The summed E-state index contributed by atoms with van der Waals surface area (Å²) >= 11 is 6.16. The van der Waals surface area contributed by atoms with Gasteiger partial charge in [0.15, 0.2) is 0 Å². The Balaban J connectivity index is 2.26. The van der Waals surface area contributed by atoms with Gasteiger partial charge in [-0.3, -0.25) is 9.59 Å². The Kier molecular flexibility index (Phi) is 7.58. The summed E-state index contributed by atoms with van der Waals surface area (Å²) in [6.45, 7) is 6.63. The van der Waals surface area contributed by atoms with Gasteiger partial charge in [0.1, 0.15) is 17.3 Å². The van der Waals surface area contributed by atoms with E-state index in [1.165, 1.54) is 17.0 Å². The van der Waals surface area contributed by atoms with Crippen molar-refractivity contribution in [2.75, 3.05) is 34.3 Å². The maximum Gasteiger partial charge on any atom is 0.295 e. The van der Waals surface area contributed by atoms with Crippen molar-refractivity contribution >= 4 is 29.1 Å². The van der Waals surface area contributed by atoms with E-state index in [1.54, 1.807) is 13.2 Å². The van der Waals surface area contributed by atoms with Crippen molar-refractivity contribution in [1.82, 2.24) is 9.80 Å². The molecule has 8 heteroatoms. The van der Waals surface area contributed by atoms with Gasteiger partial charge in [0.05, 0.1) is 23.7 Å². The highest BCUT2D eigenvalue weighted by atomic mass is 35.5. The summed E-state index contributed by atoms with van der Waals surface area (Å²) in [6, 6.07) is 7.32. The molecular weight excluding hydrogens is 456 g/mol. The fourth-order valence-corrected chi connectivity index (χ4v) is 4.37. The Morgan fingerprint density at radius 1 is 1.21 bits per heavy atom. The average molecular weight is 487 g/mol. The third-order valence-corrected chi connectivity index (χ3v) is 6.37. The van der Waals surface area contributed by atoms with Gasteiger partial charge in [-0.05, 0) is 67.9 Å². The largest absolute Gasteiger partial charge is 0.507 e. The molecule has 0 saturated carbocycles. The van der Waals surface area contributed by atoms with E-state index < -0.39 is 17.7 Å². The number of hydrogen-bond acceptors (Lipinski definition) is 6. The van der Waals surface area contributed by atoms with E-state index >= 15 is 0 Å². The molecular formula is C26H31ClN2O5. The summed E-state index contributed by atoms with van der Waals surface area (Å²) in [5, 5.41) is 21.4. The molecule has 1 fully saturated rings. The lowest BCUT2D eigenvalue weighted by atomic mass is 9.91. The molecule has 0 aromatic heterocycles. The minimum absolute atomic E-state index is 0.00603. The number of methoxy groups -OCH3 is 1. The van der Waals surface area contributed by atoms with Crippen LogP contribution in [-0.4, -0.2) is 66.0 Å². The van der Waals surface area contributed by atoms with Crippen molar-refractivity contribution in [1.29, 1.82) is 0 Å². The van der Waals surface area contributed by atoms with Gasteiger partial charge in [-0.15, -0.1) is 0 Å². The number of phenols is 1. The molecule has 2 aromatic rings. The minimum atomic E-state index is -0.845. The van der Waals surface area contributed by atoms with E-state index in [9.17, 15) is 19.8 Å². The van der Waals surface area contributed by atoms with Gasteiger partial charge in [-0.25, -0.2) is 0 Å². The molecule has 1 saturated heterocycles. The highest BCUT2D eigenvalue weighted by Gasteiger charge is 2.46. The number of benzene rings is 2. The summed E-state index contributed by atoms with van der Waals surface area (Å²) in [6.07, 6.45) is 0. The standard InChI is InChI=1S/C26H31ClN2O5/c1-14(2)17-13-18(15(3)11-21(17)34-6)24(31)22-23(16-7-8-20(30)19(27)12-16)29(10-9-28(4)5)26(33)25(22)32/h7-8,11-14,23,30-31H,9-10H2,1-6H3/b24-22+. The van der Waals surface area contributed by atoms with Crippen LogP contribution >= 0.6 is 11.6 Å². The lowest BCUT2D eigenvalue weighted by Gasteiger charge is -2.27. The fraction of sp³-hybridized carbons (Fsp3) is 0.385. The van der Waals surface area contributed by atoms with Crippen molar-refractivity contribution in [3.05, 3.63) is 63.2 Å². The summed E-state index contributed by atoms with van der Waals surface area (Å²) in [5.74, 6) is -1.00. The van der Waals surface area contributed by atoms with E-state index in [-0.39, 0.29) is 34.6 Å². The molecule has 1 aliphatic rings. The van der Waals surface area contributed by atoms with Crippen LogP contribution in [0.4, 0.5) is 0 Å². The number of Topliss-reactive ketones (excluding diaryl/α,β-unsaturated/α-hetero) is 1. The second-order valence-corrected chi connectivity index (χ2v) is 9.48. The molecule has 1 aliphatic heterocycles. The number of carbonyl (C=O) groups is 2. The Bertz CT molecular complexity index is 1160. The Labute approximate surface area is 205 Å². The second kappa shape index (κ2) is 10.1. The highest BCUT2D eigenvalue weighted by molar-refractivity contribution is 6.46. The number of nitrogens with zero attached hydrogens (tertiary/aromatic N) is 2. The smallest absolute Gasteiger partial charge is 0.295 e. The normalized spacial score (nSPS) is 17.8. The van der Waals surface area contributed by atoms with Gasteiger partial charge in [0, 0.05) is 18.7 Å². The summed E-state index contributed by atoms with van der Waals surface area (Å²) in [7, 11) is 5.33. The lowest BCUT2D eigenvalue weighted by Crippen LogP contribution is -2.35. The number of ether oxygens (including phenoxy) is 1. The van der Waals surface area contributed by atoms with Gasteiger partial charge >= 0.3 is 0 Å². The zero-order valence-electron chi connectivity index (χ0n) is 20.3. The van der Waals surface area contributed by atoms with Gasteiger partial charge in [-0.1, -0.05) is 31.5 Å². The summed E-state index contributed by atoms with van der Waals surface area (Å²) in [4.78, 5) is 29.7. The number of aryl methyl sites for hydroxylation is 1.